The summed E-state index contributed by atoms with van der Waals surface area (Å²) in [5.41, 5.74) is 13.0. The molecule has 0 heterocycles. The van der Waals surface area contributed by atoms with Crippen molar-refractivity contribution in [1.82, 2.24) is 0 Å². The van der Waals surface area contributed by atoms with E-state index < -0.39 is 0 Å². The van der Waals surface area contributed by atoms with Crippen molar-refractivity contribution in [3.8, 4) is 0 Å². The number of aryl methyl sites for hydroxylation is 1. The fraction of sp³-hybridized carbons (Fsp3) is 0.310. The number of allylic oxidation sites excluding steroid dienone is 8. The Morgan fingerprint density at radius 1 is 0.800 bits per heavy atom. The maximum atomic E-state index is 3.90. The van der Waals surface area contributed by atoms with Crippen LogP contribution in [0.1, 0.15) is 71.6 Å². The predicted molar refractivity (Wildman–Crippen MR) is 182 cm³/mol. The Labute approximate surface area is 299 Å². The summed E-state index contributed by atoms with van der Waals surface area (Å²) < 4.78 is 1.42. The van der Waals surface area contributed by atoms with Crippen molar-refractivity contribution < 1.29 is 49.0 Å². The average Bonchev–Trinajstić information content (AvgIpc) is 3.65. The first-order valence-electron chi connectivity index (χ1n) is 15.9. The van der Waals surface area contributed by atoms with Crippen molar-refractivity contribution in [3.05, 3.63) is 152 Å². The van der Waals surface area contributed by atoms with Crippen LogP contribution >= 0.6 is 0 Å². The molecule has 0 spiro atoms. The summed E-state index contributed by atoms with van der Waals surface area (Å²) in [4.78, 5) is 0. The molecule has 6 rings (SSSR count). The van der Waals surface area contributed by atoms with Crippen molar-refractivity contribution >= 4 is 14.9 Å². The monoisotopic (exact) mass is 709 g/mol. The molecule has 3 aliphatic carbocycles. The first kappa shape index (κ1) is 37.2. The van der Waals surface area contributed by atoms with Crippen LogP contribution in [0, 0.1) is 30.1 Å². The molecule has 1 unspecified atom stereocenters. The molecule has 3 heteroatoms. The van der Waals surface area contributed by atoms with E-state index in [0.717, 1.165) is 6.42 Å². The van der Waals surface area contributed by atoms with E-state index in [4.69, 9.17) is 0 Å². The van der Waals surface area contributed by atoms with Crippen LogP contribution in [-0.2, 0) is 24.2 Å². The van der Waals surface area contributed by atoms with Crippen LogP contribution in [-0.4, -0.2) is 3.21 Å². The van der Waals surface area contributed by atoms with E-state index in [9.17, 15) is 0 Å². The van der Waals surface area contributed by atoms with Crippen molar-refractivity contribution in [2.75, 3.05) is 0 Å². The molecule has 3 aromatic carbocycles. The minimum atomic E-state index is 0. The first-order chi connectivity index (χ1) is 20.6. The second-order valence-corrected chi connectivity index (χ2v) is 14.5. The summed E-state index contributed by atoms with van der Waals surface area (Å²) in [5, 5.41) is 2.65. The molecule has 0 bridgehead atoms. The zero-order chi connectivity index (χ0) is 30.9. The van der Waals surface area contributed by atoms with Crippen molar-refractivity contribution in [1.29, 1.82) is 0 Å². The fourth-order valence-electron chi connectivity index (χ4n) is 7.20. The van der Waals surface area contributed by atoms with Gasteiger partial charge in [0.25, 0.3) is 0 Å². The van der Waals surface area contributed by atoms with Crippen molar-refractivity contribution in [3.63, 3.8) is 0 Å². The van der Waals surface area contributed by atoms with Crippen LogP contribution in [0.3, 0.4) is 0 Å². The molecule has 0 aliphatic heterocycles. The summed E-state index contributed by atoms with van der Waals surface area (Å²) in [6.45, 7) is 19.0. The van der Waals surface area contributed by atoms with Crippen LogP contribution in [0.2, 0.25) is 0 Å². The predicted octanol–water partition coefficient (Wildman–Crippen LogP) is 3.09. The SMILES string of the molecule is Cc1ccc2c(c1)=[C-]C1=C(C3=CC=CC3)C(C)(C(C)C)C(C(C)C)=C(C(C)C)C=21.[Cl-].[Cl-].[Zr+2]=[C](c1ccccc1)c1ccccc1. The van der Waals surface area contributed by atoms with Crippen LogP contribution in [0.25, 0.3) is 11.6 Å². The molecule has 1 atom stereocenters. The molecular formula is C42H45Cl2Zr-. The Kier molecular flexibility index (Phi) is 12.8. The van der Waals surface area contributed by atoms with E-state index in [-0.39, 0.29) is 30.2 Å². The average molecular weight is 712 g/mol. The van der Waals surface area contributed by atoms with Gasteiger partial charge in [-0.25, -0.2) is 0 Å². The molecule has 0 amide bonds. The van der Waals surface area contributed by atoms with Crippen LogP contribution in [0.4, 0.5) is 0 Å². The van der Waals surface area contributed by atoms with Gasteiger partial charge in [0.2, 0.25) is 0 Å². The fourth-order valence-corrected chi connectivity index (χ4v) is 8.02. The maximum absolute atomic E-state index is 3.90. The second kappa shape index (κ2) is 15.5. The van der Waals surface area contributed by atoms with E-state index in [1.54, 1.807) is 11.1 Å². The van der Waals surface area contributed by atoms with Gasteiger partial charge in [0, 0.05) is 0 Å². The van der Waals surface area contributed by atoms with Crippen molar-refractivity contribution in [2.24, 2.45) is 23.2 Å². The number of hydrogen-bond acceptors (Lipinski definition) is 0. The van der Waals surface area contributed by atoms with Crippen LogP contribution < -0.4 is 35.3 Å². The zero-order valence-corrected chi connectivity index (χ0v) is 31.9. The third kappa shape index (κ3) is 7.17. The third-order valence-electron chi connectivity index (χ3n) is 9.37. The molecule has 0 radical (unpaired) electrons. The van der Waals surface area contributed by atoms with Gasteiger partial charge in [0.15, 0.2) is 0 Å². The van der Waals surface area contributed by atoms with Gasteiger partial charge >= 0.3 is 99.2 Å². The molecule has 0 nitrogen and oxygen atoms in total. The van der Waals surface area contributed by atoms with Gasteiger partial charge in [-0.1, -0.05) is 107 Å². The van der Waals surface area contributed by atoms with Gasteiger partial charge in [-0.2, -0.15) is 0 Å². The summed E-state index contributed by atoms with van der Waals surface area (Å²) >= 11 is 1.46. The van der Waals surface area contributed by atoms with Crippen molar-refractivity contribution in [2.45, 2.75) is 61.8 Å². The van der Waals surface area contributed by atoms with Gasteiger partial charge in [-0.15, -0.1) is 33.7 Å². The Bertz CT molecular complexity index is 1740. The number of benzene rings is 3. The Morgan fingerprint density at radius 3 is 1.84 bits per heavy atom. The molecular weight excluding hydrogens is 667 g/mol. The molecule has 0 fully saturated rings. The molecule has 3 aliphatic rings. The molecule has 45 heavy (non-hydrogen) atoms. The van der Waals surface area contributed by atoms with Gasteiger partial charge in [0.05, 0.1) is 0 Å². The first-order valence-corrected chi connectivity index (χ1v) is 17.1. The molecule has 0 saturated heterocycles. The van der Waals surface area contributed by atoms with Gasteiger partial charge in [0.1, 0.15) is 0 Å². The summed E-state index contributed by atoms with van der Waals surface area (Å²) in [7, 11) is 0. The standard InChI is InChI=1S/C29H35.C13H10.2ClH.Zr/c1-17(2)25-26-23-14-13-20(7)15-22(23)16-24(26)28(21-11-9-10-12-21)29(8,19(5)6)27(25)18(3)4;1-3-7-12(8-4-1)11-13-9-5-2-6-10-13;;;/h9-11,13-15,17-19H,12H2,1-8H3;1-10H;2*1H;/q-1;;;;+2/p-2. The number of halogens is 2. The number of rotatable bonds is 6. The molecule has 0 N–H and O–H groups in total. The van der Waals surface area contributed by atoms with Gasteiger partial charge < -0.3 is 24.8 Å². The van der Waals surface area contributed by atoms with Gasteiger partial charge in [-0.3, -0.25) is 0 Å². The van der Waals surface area contributed by atoms with Crippen LogP contribution in [0.5, 0.6) is 0 Å². The zero-order valence-electron chi connectivity index (χ0n) is 27.9. The quantitative estimate of drug-likeness (QED) is 0.346. The van der Waals surface area contributed by atoms with E-state index in [1.807, 2.05) is 0 Å². The van der Waals surface area contributed by atoms with Crippen LogP contribution in [0.15, 0.2) is 125 Å². The topological polar surface area (TPSA) is 0 Å². The van der Waals surface area contributed by atoms with E-state index in [0.29, 0.717) is 17.8 Å². The van der Waals surface area contributed by atoms with E-state index in [2.05, 4.69) is 159 Å². The van der Waals surface area contributed by atoms with E-state index >= 15 is 0 Å². The third-order valence-corrected chi connectivity index (χ3v) is 10.8. The number of fused-ring (bicyclic) bond motifs is 2. The van der Waals surface area contributed by atoms with E-state index in [1.165, 1.54) is 76.9 Å². The molecule has 232 valence electrons. The number of hydrogen-bond donors (Lipinski definition) is 0. The molecule has 0 saturated carbocycles. The van der Waals surface area contributed by atoms with Gasteiger partial charge in [-0.05, 0) is 36.5 Å². The Morgan fingerprint density at radius 2 is 1.38 bits per heavy atom. The Hall–Kier alpha value is -2.31. The summed E-state index contributed by atoms with van der Waals surface area (Å²) in [5.74, 6) is 1.52. The second-order valence-electron chi connectivity index (χ2n) is 13.2. The minimum absolute atomic E-state index is 0. The summed E-state index contributed by atoms with van der Waals surface area (Å²) in [6, 6.07) is 28.0. The molecule has 3 aromatic rings. The summed E-state index contributed by atoms with van der Waals surface area (Å²) in [6.07, 6.45) is 11.8. The Balaban J connectivity index is 0.000000292. The molecule has 0 aromatic heterocycles. The normalized spacial score (nSPS) is 18.2.